The van der Waals surface area contributed by atoms with Crippen molar-refractivity contribution in [1.82, 2.24) is 5.32 Å². The van der Waals surface area contributed by atoms with Crippen LogP contribution in [0, 0.1) is 0 Å². The van der Waals surface area contributed by atoms with Crippen molar-refractivity contribution in [2.75, 3.05) is 20.3 Å². The first-order chi connectivity index (χ1) is 11.8. The van der Waals surface area contributed by atoms with E-state index < -0.39 is 42.6 Å². The molecule has 9 heteroatoms. The van der Waals surface area contributed by atoms with Gasteiger partial charge in [-0.25, -0.2) is 0 Å². The van der Waals surface area contributed by atoms with Crippen molar-refractivity contribution in [3.05, 3.63) is 12.7 Å². The van der Waals surface area contributed by atoms with E-state index in [0.29, 0.717) is 0 Å². The highest BCUT2D eigenvalue weighted by Gasteiger charge is 2.49. The molecular formula is C16H25NO8. The second-order valence-electron chi connectivity index (χ2n) is 5.47. The lowest BCUT2D eigenvalue weighted by atomic mass is 9.96. The van der Waals surface area contributed by atoms with Gasteiger partial charge in [0.1, 0.15) is 24.9 Å². The van der Waals surface area contributed by atoms with Crippen LogP contribution in [0.5, 0.6) is 0 Å². The SMILES string of the molecule is C=CCO[C@@H]1O[C@H](COC(C)=O)[C@@H](OC(C)=O)[C@H](OC)[C@H]1NC(C)=O. The first kappa shape index (κ1) is 21.1. The molecule has 1 aliphatic rings. The zero-order chi connectivity index (χ0) is 19.0. The average Bonchev–Trinajstić information content (AvgIpc) is 2.52. The van der Waals surface area contributed by atoms with Crippen LogP contribution in [0.2, 0.25) is 0 Å². The zero-order valence-electron chi connectivity index (χ0n) is 14.9. The van der Waals surface area contributed by atoms with Crippen molar-refractivity contribution in [3.63, 3.8) is 0 Å². The number of carbonyl (C=O) groups is 3. The summed E-state index contributed by atoms with van der Waals surface area (Å²) in [5.41, 5.74) is 0. The Morgan fingerprint density at radius 1 is 1.16 bits per heavy atom. The third kappa shape index (κ3) is 6.45. The maximum atomic E-state index is 11.5. The largest absolute Gasteiger partial charge is 0.463 e. The number of hydrogen-bond acceptors (Lipinski definition) is 8. The lowest BCUT2D eigenvalue weighted by Crippen LogP contribution is -2.66. The van der Waals surface area contributed by atoms with E-state index in [1.807, 2.05) is 0 Å². The van der Waals surface area contributed by atoms with Crippen LogP contribution in [0.25, 0.3) is 0 Å². The molecule has 5 atom stereocenters. The van der Waals surface area contributed by atoms with E-state index in [2.05, 4.69) is 11.9 Å². The van der Waals surface area contributed by atoms with Gasteiger partial charge in [-0.2, -0.15) is 0 Å². The van der Waals surface area contributed by atoms with Crippen LogP contribution in [0.4, 0.5) is 0 Å². The molecule has 142 valence electrons. The molecule has 1 N–H and O–H groups in total. The number of nitrogens with one attached hydrogen (secondary N) is 1. The Bertz CT molecular complexity index is 495. The molecule has 1 aliphatic heterocycles. The molecular weight excluding hydrogens is 334 g/mol. The summed E-state index contributed by atoms with van der Waals surface area (Å²) < 4.78 is 27.1. The summed E-state index contributed by atoms with van der Waals surface area (Å²) in [5.74, 6) is -1.40. The summed E-state index contributed by atoms with van der Waals surface area (Å²) in [6, 6.07) is -0.736. The number of methoxy groups -OCH3 is 1. The van der Waals surface area contributed by atoms with Crippen LogP contribution >= 0.6 is 0 Å². The van der Waals surface area contributed by atoms with Crippen LogP contribution in [0.15, 0.2) is 12.7 Å². The molecule has 0 aromatic carbocycles. The second-order valence-corrected chi connectivity index (χ2v) is 5.47. The number of ether oxygens (including phenoxy) is 5. The molecule has 0 aliphatic carbocycles. The number of esters is 2. The molecule has 0 spiro atoms. The number of hydrogen-bond donors (Lipinski definition) is 1. The topological polar surface area (TPSA) is 109 Å². The molecule has 25 heavy (non-hydrogen) atoms. The Morgan fingerprint density at radius 2 is 1.84 bits per heavy atom. The molecule has 1 heterocycles. The van der Waals surface area contributed by atoms with E-state index in [1.54, 1.807) is 0 Å². The van der Waals surface area contributed by atoms with Crippen LogP contribution in [0.1, 0.15) is 20.8 Å². The summed E-state index contributed by atoms with van der Waals surface area (Å²) in [7, 11) is 1.41. The molecule has 0 bridgehead atoms. The lowest BCUT2D eigenvalue weighted by Gasteiger charge is -2.44. The Morgan fingerprint density at radius 3 is 2.32 bits per heavy atom. The van der Waals surface area contributed by atoms with Gasteiger partial charge in [-0.3, -0.25) is 14.4 Å². The fraction of sp³-hybridized carbons (Fsp3) is 0.688. The van der Waals surface area contributed by atoms with Crippen molar-refractivity contribution in [1.29, 1.82) is 0 Å². The van der Waals surface area contributed by atoms with Gasteiger partial charge in [0.15, 0.2) is 12.4 Å². The summed E-state index contributed by atoms with van der Waals surface area (Å²) in [4.78, 5) is 34.1. The Kier molecular flexibility index (Phi) is 8.53. The Labute approximate surface area is 146 Å². The van der Waals surface area contributed by atoms with E-state index in [9.17, 15) is 14.4 Å². The molecule has 0 radical (unpaired) electrons. The van der Waals surface area contributed by atoms with Gasteiger partial charge < -0.3 is 29.0 Å². The van der Waals surface area contributed by atoms with Gasteiger partial charge in [-0.15, -0.1) is 6.58 Å². The highest BCUT2D eigenvalue weighted by molar-refractivity contribution is 5.73. The number of carbonyl (C=O) groups excluding carboxylic acids is 3. The fourth-order valence-electron chi connectivity index (χ4n) is 2.54. The zero-order valence-corrected chi connectivity index (χ0v) is 14.9. The van der Waals surface area contributed by atoms with E-state index in [-0.39, 0.29) is 19.1 Å². The van der Waals surface area contributed by atoms with E-state index in [0.717, 1.165) is 0 Å². The third-order valence-corrected chi connectivity index (χ3v) is 3.42. The van der Waals surface area contributed by atoms with Gasteiger partial charge in [-0.1, -0.05) is 6.08 Å². The minimum Gasteiger partial charge on any atom is -0.463 e. The van der Waals surface area contributed by atoms with Crippen molar-refractivity contribution in [2.24, 2.45) is 0 Å². The molecule has 1 rings (SSSR count). The summed E-state index contributed by atoms with van der Waals surface area (Å²) >= 11 is 0. The first-order valence-electron chi connectivity index (χ1n) is 7.78. The molecule has 0 aromatic heterocycles. The van der Waals surface area contributed by atoms with E-state index in [1.165, 1.54) is 34.0 Å². The number of rotatable bonds is 8. The van der Waals surface area contributed by atoms with E-state index in [4.69, 9.17) is 23.7 Å². The van der Waals surface area contributed by atoms with Crippen molar-refractivity contribution in [2.45, 2.75) is 51.4 Å². The van der Waals surface area contributed by atoms with E-state index >= 15 is 0 Å². The van der Waals surface area contributed by atoms with Crippen LogP contribution in [-0.2, 0) is 38.1 Å². The monoisotopic (exact) mass is 359 g/mol. The standard InChI is InChI=1S/C16H25NO8/c1-6-7-22-16-13(17-9(2)18)15(21-5)14(24-11(4)20)12(25-16)8-23-10(3)19/h6,12-16H,1,7-8H2,2-5H3,(H,17,18)/t12-,13-,14-,15-,16-/m1/s1. The third-order valence-electron chi connectivity index (χ3n) is 3.42. The minimum atomic E-state index is -0.904. The van der Waals surface area contributed by atoms with Crippen molar-refractivity contribution >= 4 is 17.8 Å². The lowest BCUT2D eigenvalue weighted by molar-refractivity contribution is -0.275. The van der Waals surface area contributed by atoms with Gasteiger partial charge in [0.2, 0.25) is 5.91 Å². The van der Waals surface area contributed by atoms with Crippen molar-refractivity contribution in [3.8, 4) is 0 Å². The maximum absolute atomic E-state index is 11.5. The Balaban J connectivity index is 3.10. The molecule has 0 aromatic rings. The minimum absolute atomic E-state index is 0.159. The maximum Gasteiger partial charge on any atom is 0.303 e. The van der Waals surface area contributed by atoms with Crippen LogP contribution < -0.4 is 5.32 Å². The molecule has 9 nitrogen and oxygen atoms in total. The summed E-state index contributed by atoms with van der Waals surface area (Å²) in [6.45, 7) is 7.40. The predicted octanol–water partition coefficient (Wildman–Crippen LogP) is -0.0716. The summed E-state index contributed by atoms with van der Waals surface area (Å²) in [5, 5.41) is 2.68. The average molecular weight is 359 g/mol. The predicted molar refractivity (Wildman–Crippen MR) is 85.4 cm³/mol. The molecule has 1 amide bonds. The number of amides is 1. The summed E-state index contributed by atoms with van der Waals surface area (Å²) in [6.07, 6.45) is -1.87. The molecule has 1 saturated heterocycles. The first-order valence-corrected chi connectivity index (χ1v) is 7.78. The second kappa shape index (κ2) is 10.1. The molecule has 1 fully saturated rings. The fourth-order valence-corrected chi connectivity index (χ4v) is 2.54. The smallest absolute Gasteiger partial charge is 0.303 e. The molecule has 0 saturated carbocycles. The van der Waals surface area contributed by atoms with Crippen LogP contribution in [0.3, 0.4) is 0 Å². The quantitative estimate of drug-likeness (QED) is 0.474. The van der Waals surface area contributed by atoms with Gasteiger partial charge in [0.25, 0.3) is 0 Å². The highest BCUT2D eigenvalue weighted by Crippen LogP contribution is 2.27. The Hall–Kier alpha value is -1.97. The normalized spacial score (nSPS) is 28.7. The van der Waals surface area contributed by atoms with Gasteiger partial charge in [0, 0.05) is 27.9 Å². The van der Waals surface area contributed by atoms with Crippen molar-refractivity contribution < 1.29 is 38.1 Å². The van der Waals surface area contributed by atoms with Gasteiger partial charge >= 0.3 is 11.9 Å². The molecule has 0 unspecified atom stereocenters. The van der Waals surface area contributed by atoms with Crippen LogP contribution in [-0.4, -0.2) is 68.8 Å². The van der Waals surface area contributed by atoms with Gasteiger partial charge in [0.05, 0.1) is 6.61 Å². The highest BCUT2D eigenvalue weighted by atomic mass is 16.7. The van der Waals surface area contributed by atoms with Gasteiger partial charge in [-0.05, 0) is 0 Å².